The second kappa shape index (κ2) is 9.15. The Bertz CT molecular complexity index is 979. The second-order valence-corrected chi connectivity index (χ2v) is 7.32. The van der Waals surface area contributed by atoms with Gasteiger partial charge >= 0.3 is 0 Å². The number of aromatic nitrogens is 1. The minimum Gasteiger partial charge on any atom is -0.508 e. The lowest BCUT2D eigenvalue weighted by molar-refractivity contribution is 0.206. The molecule has 1 unspecified atom stereocenters. The van der Waals surface area contributed by atoms with Crippen LogP contribution >= 0.6 is 15.9 Å². The van der Waals surface area contributed by atoms with Gasteiger partial charge in [0.05, 0.1) is 5.70 Å². The summed E-state index contributed by atoms with van der Waals surface area (Å²) >= 11 is 3.44. The molecule has 7 nitrogen and oxygen atoms in total. The molecule has 1 aliphatic rings. The number of rotatable bonds is 6. The van der Waals surface area contributed by atoms with Crippen LogP contribution in [0.5, 0.6) is 5.75 Å². The van der Waals surface area contributed by atoms with Gasteiger partial charge in [-0.25, -0.2) is 9.38 Å². The second-order valence-electron chi connectivity index (χ2n) is 6.40. The van der Waals surface area contributed by atoms with E-state index in [4.69, 9.17) is 4.74 Å². The van der Waals surface area contributed by atoms with Crippen molar-refractivity contribution in [1.82, 2.24) is 15.2 Å². The van der Waals surface area contributed by atoms with E-state index < -0.39 is 5.82 Å². The first-order chi connectivity index (χ1) is 13.9. The Labute approximate surface area is 176 Å². The molecule has 2 aromatic rings. The number of methoxy groups -OCH3 is 1. The number of allylic oxidation sites excluding steroid dienone is 1. The fraction of sp³-hybridized carbons (Fsp3) is 0.250. The van der Waals surface area contributed by atoms with Crippen LogP contribution in [0.3, 0.4) is 0 Å². The number of nitrogens with one attached hydrogen (secondary N) is 1. The van der Waals surface area contributed by atoms with Crippen molar-refractivity contribution in [1.29, 1.82) is 0 Å². The summed E-state index contributed by atoms with van der Waals surface area (Å²) in [6.45, 7) is 5.75. The number of benzene rings is 1. The van der Waals surface area contributed by atoms with Crippen LogP contribution in [0.1, 0.15) is 24.2 Å². The Morgan fingerprint density at radius 3 is 2.86 bits per heavy atom. The first-order valence-electron chi connectivity index (χ1n) is 8.77. The fourth-order valence-corrected chi connectivity index (χ4v) is 3.42. The van der Waals surface area contributed by atoms with Gasteiger partial charge in [-0.05, 0) is 41.7 Å². The zero-order chi connectivity index (χ0) is 21.0. The van der Waals surface area contributed by atoms with E-state index >= 15 is 0 Å². The number of nitrogens with zero attached hydrogens (tertiary/aromatic N) is 4. The predicted molar refractivity (Wildman–Crippen MR) is 113 cm³/mol. The molecule has 1 fully saturated rings. The molecule has 29 heavy (non-hydrogen) atoms. The number of phenolic OH excluding ortho intramolecular Hbond substituents is 1. The molecule has 0 saturated carbocycles. The van der Waals surface area contributed by atoms with Gasteiger partial charge in [0, 0.05) is 47.7 Å². The number of amidine groups is 1. The highest BCUT2D eigenvalue weighted by atomic mass is 79.9. The van der Waals surface area contributed by atoms with E-state index in [1.54, 1.807) is 25.6 Å². The lowest BCUT2D eigenvalue weighted by Crippen LogP contribution is -2.30. The van der Waals surface area contributed by atoms with Gasteiger partial charge in [-0.2, -0.15) is 0 Å². The van der Waals surface area contributed by atoms with Gasteiger partial charge in [-0.15, -0.1) is 0 Å². The maximum absolute atomic E-state index is 14.5. The van der Waals surface area contributed by atoms with Crippen LogP contribution in [0.2, 0.25) is 0 Å². The molecule has 1 saturated heterocycles. The molecule has 9 heteroatoms. The lowest BCUT2D eigenvalue weighted by Gasteiger charge is -2.26. The van der Waals surface area contributed by atoms with Crippen LogP contribution in [0.4, 0.5) is 4.39 Å². The van der Waals surface area contributed by atoms with E-state index in [1.807, 2.05) is 17.9 Å². The van der Waals surface area contributed by atoms with Gasteiger partial charge in [0.1, 0.15) is 30.2 Å². The van der Waals surface area contributed by atoms with E-state index in [2.05, 4.69) is 42.9 Å². The molecule has 1 atom stereocenters. The number of pyridine rings is 1. The molecule has 0 aliphatic carbocycles. The van der Waals surface area contributed by atoms with E-state index in [-0.39, 0.29) is 25.2 Å². The minimum atomic E-state index is -0.502. The van der Waals surface area contributed by atoms with Crippen molar-refractivity contribution in [2.45, 2.75) is 19.6 Å². The Morgan fingerprint density at radius 2 is 2.21 bits per heavy atom. The third kappa shape index (κ3) is 4.63. The maximum atomic E-state index is 14.5. The molecule has 2 N–H and O–H groups in total. The molecule has 0 spiro atoms. The molecule has 1 aliphatic heterocycles. The molecular weight excluding hydrogens is 441 g/mol. The molecule has 1 aromatic heterocycles. The summed E-state index contributed by atoms with van der Waals surface area (Å²) in [7, 11) is 1.55. The van der Waals surface area contributed by atoms with Crippen molar-refractivity contribution in [2.75, 3.05) is 13.8 Å². The first-order valence-corrected chi connectivity index (χ1v) is 9.56. The minimum absolute atomic E-state index is 0.126. The first kappa shape index (κ1) is 20.9. The van der Waals surface area contributed by atoms with Crippen LogP contribution in [-0.2, 0) is 11.3 Å². The largest absolute Gasteiger partial charge is 0.508 e. The Balaban J connectivity index is 2.10. The Hall–Kier alpha value is -2.78. The molecule has 0 bridgehead atoms. The van der Waals surface area contributed by atoms with Crippen molar-refractivity contribution in [3.8, 4) is 5.75 Å². The van der Waals surface area contributed by atoms with Gasteiger partial charge in [0.15, 0.2) is 5.84 Å². The average Bonchev–Trinajstić information content (AvgIpc) is 3.06. The van der Waals surface area contributed by atoms with Crippen LogP contribution in [0.15, 0.2) is 62.5 Å². The molecule has 0 radical (unpaired) electrons. The average molecular weight is 462 g/mol. The van der Waals surface area contributed by atoms with E-state index in [1.165, 1.54) is 6.07 Å². The molecule has 0 amide bonds. The van der Waals surface area contributed by atoms with Crippen molar-refractivity contribution < 1.29 is 14.2 Å². The number of hydrogen-bond acceptors (Lipinski definition) is 6. The topological polar surface area (TPSA) is 82.3 Å². The van der Waals surface area contributed by atoms with Gasteiger partial charge < -0.3 is 20.1 Å². The maximum Gasteiger partial charge on any atom is 0.153 e. The van der Waals surface area contributed by atoms with Crippen molar-refractivity contribution >= 4 is 28.5 Å². The van der Waals surface area contributed by atoms with E-state index in [0.717, 1.165) is 16.1 Å². The molecule has 152 valence electrons. The summed E-state index contributed by atoms with van der Waals surface area (Å²) in [5, 5.41) is 12.9. The number of aromatic hydroxyl groups is 1. The molecule has 3 rings (SSSR count). The summed E-state index contributed by atoms with van der Waals surface area (Å²) < 4.78 is 20.4. The van der Waals surface area contributed by atoms with Crippen LogP contribution < -0.4 is 5.32 Å². The number of phenols is 1. The number of ether oxygens (including phenoxy) is 1. The van der Waals surface area contributed by atoms with Crippen molar-refractivity contribution in [3.05, 3.63) is 69.5 Å². The highest BCUT2D eigenvalue weighted by molar-refractivity contribution is 9.10. The van der Waals surface area contributed by atoms with E-state index in [0.29, 0.717) is 22.8 Å². The standard InChI is InChI=1S/C20H21BrFN5O2/c1-12(23-2)18-20(25-11-29-3)27(10-13-4-5-16(28)7-17(13)22)19(26-18)14-6-15(21)9-24-8-14/h4-9,19,26,28H,2,10-11H2,1,3H3/b18-12+,25-20?. The number of halogens is 2. The number of aliphatic imine (C=N–C) groups is 2. The SMILES string of the molecule is C=N/C(C)=C1/NC(c2cncc(Br)c2)N(Cc2ccc(O)cc2F)C1=NCOC. The summed E-state index contributed by atoms with van der Waals surface area (Å²) in [5.41, 5.74) is 2.60. The summed E-state index contributed by atoms with van der Waals surface area (Å²) in [6, 6.07) is 6.03. The Morgan fingerprint density at radius 1 is 1.41 bits per heavy atom. The quantitative estimate of drug-likeness (QED) is 0.640. The van der Waals surface area contributed by atoms with Crippen molar-refractivity contribution in [3.63, 3.8) is 0 Å². The van der Waals surface area contributed by atoms with Gasteiger partial charge in [0.2, 0.25) is 0 Å². The van der Waals surface area contributed by atoms with Crippen LogP contribution in [-0.4, -0.2) is 41.4 Å². The smallest absolute Gasteiger partial charge is 0.153 e. The summed E-state index contributed by atoms with van der Waals surface area (Å²) in [5.74, 6) is -0.0495. The highest BCUT2D eigenvalue weighted by Crippen LogP contribution is 2.32. The molecule has 2 heterocycles. The monoisotopic (exact) mass is 461 g/mol. The zero-order valence-corrected chi connectivity index (χ0v) is 17.6. The predicted octanol–water partition coefficient (Wildman–Crippen LogP) is 3.73. The molecular formula is C20H21BrFN5O2. The third-order valence-electron chi connectivity index (χ3n) is 4.45. The zero-order valence-electron chi connectivity index (χ0n) is 16.1. The fourth-order valence-electron chi connectivity index (χ4n) is 3.04. The van der Waals surface area contributed by atoms with Gasteiger partial charge in [0.25, 0.3) is 0 Å². The van der Waals surface area contributed by atoms with E-state index in [9.17, 15) is 9.50 Å². The third-order valence-corrected chi connectivity index (χ3v) is 4.88. The van der Waals surface area contributed by atoms with Crippen LogP contribution in [0, 0.1) is 5.82 Å². The van der Waals surface area contributed by atoms with Crippen LogP contribution in [0.25, 0.3) is 0 Å². The van der Waals surface area contributed by atoms with Gasteiger partial charge in [-0.1, -0.05) is 6.07 Å². The highest BCUT2D eigenvalue weighted by Gasteiger charge is 2.36. The normalized spacial score (nSPS) is 19.4. The number of hydrogen-bond donors (Lipinski definition) is 2. The Kier molecular flexibility index (Phi) is 6.60. The van der Waals surface area contributed by atoms with Crippen molar-refractivity contribution in [2.24, 2.45) is 9.98 Å². The summed E-state index contributed by atoms with van der Waals surface area (Å²) in [4.78, 5) is 14.7. The molecule has 1 aromatic carbocycles. The van der Waals surface area contributed by atoms with Gasteiger partial charge in [-0.3, -0.25) is 9.98 Å². The summed E-state index contributed by atoms with van der Waals surface area (Å²) in [6.07, 6.45) is 3.06. The lowest BCUT2D eigenvalue weighted by atomic mass is 10.1.